The molecule has 0 aromatic rings. The summed E-state index contributed by atoms with van der Waals surface area (Å²) < 4.78 is 0. The second kappa shape index (κ2) is 45.5. The van der Waals surface area contributed by atoms with E-state index in [0.29, 0.717) is 12.8 Å². The molecular weight excluding hydrogens is 651 g/mol. The maximum absolute atomic E-state index is 12.4. The Balaban J connectivity index is 3.38. The zero-order chi connectivity index (χ0) is 38.6. The zero-order valence-electron chi connectivity index (χ0n) is 36.3. The molecule has 2 unspecified atom stereocenters. The van der Waals surface area contributed by atoms with Crippen LogP contribution in [0.1, 0.15) is 277 Å². The normalized spacial score (nSPS) is 12.9. The van der Waals surface area contributed by atoms with Crippen LogP contribution in [-0.4, -0.2) is 34.9 Å². The minimum absolute atomic E-state index is 0.0290. The van der Waals surface area contributed by atoms with Gasteiger partial charge in [-0.3, -0.25) is 4.79 Å². The van der Waals surface area contributed by atoms with Gasteiger partial charge >= 0.3 is 0 Å². The van der Waals surface area contributed by atoms with E-state index in [9.17, 15) is 15.0 Å². The molecule has 3 N–H and O–H groups in total. The highest BCUT2D eigenvalue weighted by molar-refractivity contribution is 5.76. The summed E-state index contributed by atoms with van der Waals surface area (Å²) in [6.45, 7) is 4.36. The Kier molecular flexibility index (Phi) is 44.8. The van der Waals surface area contributed by atoms with Crippen LogP contribution in [0.2, 0.25) is 0 Å². The molecule has 0 aliphatic carbocycles. The smallest absolute Gasteiger partial charge is 0.220 e. The lowest BCUT2D eigenvalue weighted by Crippen LogP contribution is -2.45. The van der Waals surface area contributed by atoms with Crippen molar-refractivity contribution in [1.29, 1.82) is 0 Å². The summed E-state index contributed by atoms with van der Waals surface area (Å²) in [5.74, 6) is -0.0290. The molecule has 0 saturated heterocycles. The maximum atomic E-state index is 12.4. The third-order valence-corrected chi connectivity index (χ3v) is 11.5. The SMILES string of the molecule is CCCCCCCCCCCCCC/C=C\CCCCCCCCCCCCCCCCCC(=O)NC(CO)C(O)CCCCCCCCCCCC. The summed E-state index contributed by atoms with van der Waals surface area (Å²) in [5.41, 5.74) is 0. The molecule has 0 heterocycles. The largest absolute Gasteiger partial charge is 0.394 e. The number of carbonyl (C=O) groups is 1. The van der Waals surface area contributed by atoms with Crippen molar-refractivity contribution < 1.29 is 15.0 Å². The van der Waals surface area contributed by atoms with Gasteiger partial charge in [0.25, 0.3) is 0 Å². The number of aliphatic hydroxyl groups excluding tert-OH is 2. The molecule has 0 saturated carbocycles. The predicted molar refractivity (Wildman–Crippen MR) is 235 cm³/mol. The molecule has 0 bridgehead atoms. The van der Waals surface area contributed by atoms with Gasteiger partial charge in [0.1, 0.15) is 0 Å². The van der Waals surface area contributed by atoms with Crippen molar-refractivity contribution in [1.82, 2.24) is 5.32 Å². The van der Waals surface area contributed by atoms with Gasteiger partial charge in [0.2, 0.25) is 5.91 Å². The predicted octanol–water partition coefficient (Wildman–Crippen LogP) is 15.4. The first-order valence-electron chi connectivity index (χ1n) is 24.4. The molecule has 0 aromatic carbocycles. The van der Waals surface area contributed by atoms with E-state index in [1.54, 1.807) is 0 Å². The number of carbonyl (C=O) groups excluding carboxylic acids is 1. The Bertz CT molecular complexity index is 725. The first kappa shape index (κ1) is 52.1. The van der Waals surface area contributed by atoms with Crippen LogP contribution in [0.3, 0.4) is 0 Å². The molecular formula is C49H97NO3. The minimum Gasteiger partial charge on any atom is -0.394 e. The number of hydrogen-bond donors (Lipinski definition) is 3. The molecule has 1 amide bonds. The Hall–Kier alpha value is -0.870. The number of rotatable bonds is 45. The Labute approximate surface area is 333 Å². The van der Waals surface area contributed by atoms with Crippen molar-refractivity contribution in [3.05, 3.63) is 12.2 Å². The Morgan fingerprint density at radius 2 is 0.717 bits per heavy atom. The van der Waals surface area contributed by atoms with Gasteiger partial charge in [-0.25, -0.2) is 0 Å². The quantitative estimate of drug-likeness (QED) is 0.0429. The molecule has 0 spiro atoms. The molecule has 316 valence electrons. The molecule has 0 aliphatic rings. The van der Waals surface area contributed by atoms with E-state index < -0.39 is 12.1 Å². The van der Waals surface area contributed by atoms with Crippen molar-refractivity contribution in [2.75, 3.05) is 6.61 Å². The summed E-state index contributed by atoms with van der Waals surface area (Å²) in [6.07, 6.45) is 57.6. The van der Waals surface area contributed by atoms with Crippen molar-refractivity contribution in [2.24, 2.45) is 0 Å². The lowest BCUT2D eigenvalue weighted by Gasteiger charge is -2.22. The van der Waals surface area contributed by atoms with Gasteiger partial charge < -0.3 is 15.5 Å². The van der Waals surface area contributed by atoms with E-state index in [0.717, 1.165) is 25.7 Å². The highest BCUT2D eigenvalue weighted by Crippen LogP contribution is 2.17. The molecule has 0 radical (unpaired) electrons. The van der Waals surface area contributed by atoms with Gasteiger partial charge in [-0.05, 0) is 38.5 Å². The lowest BCUT2D eigenvalue weighted by molar-refractivity contribution is -0.123. The average Bonchev–Trinajstić information content (AvgIpc) is 3.16. The Morgan fingerprint density at radius 3 is 1.04 bits per heavy atom. The van der Waals surface area contributed by atoms with E-state index in [1.165, 1.54) is 225 Å². The van der Waals surface area contributed by atoms with E-state index in [2.05, 4.69) is 31.3 Å². The molecule has 0 aliphatic heterocycles. The maximum Gasteiger partial charge on any atom is 0.220 e. The van der Waals surface area contributed by atoms with E-state index in [1.807, 2.05) is 0 Å². The van der Waals surface area contributed by atoms with E-state index in [-0.39, 0.29) is 12.5 Å². The second-order valence-electron chi connectivity index (χ2n) is 16.9. The summed E-state index contributed by atoms with van der Waals surface area (Å²) in [5, 5.41) is 23.1. The molecule has 4 nitrogen and oxygen atoms in total. The van der Waals surface area contributed by atoms with Gasteiger partial charge in [-0.2, -0.15) is 0 Å². The summed E-state index contributed by atoms with van der Waals surface area (Å²) >= 11 is 0. The van der Waals surface area contributed by atoms with Gasteiger partial charge in [0, 0.05) is 6.42 Å². The van der Waals surface area contributed by atoms with Gasteiger partial charge in [0.15, 0.2) is 0 Å². The zero-order valence-corrected chi connectivity index (χ0v) is 36.3. The van der Waals surface area contributed by atoms with Gasteiger partial charge in [0.05, 0.1) is 18.8 Å². The number of nitrogens with one attached hydrogen (secondary N) is 1. The van der Waals surface area contributed by atoms with Crippen molar-refractivity contribution in [2.45, 2.75) is 289 Å². The minimum atomic E-state index is -0.654. The van der Waals surface area contributed by atoms with Crippen molar-refractivity contribution >= 4 is 5.91 Å². The fourth-order valence-corrected chi connectivity index (χ4v) is 7.77. The van der Waals surface area contributed by atoms with Gasteiger partial charge in [-0.1, -0.05) is 244 Å². The molecule has 2 atom stereocenters. The van der Waals surface area contributed by atoms with Crippen LogP contribution in [-0.2, 0) is 4.79 Å². The molecule has 0 fully saturated rings. The first-order chi connectivity index (χ1) is 26.2. The van der Waals surface area contributed by atoms with Crippen molar-refractivity contribution in [3.63, 3.8) is 0 Å². The summed E-state index contributed by atoms with van der Waals surface area (Å²) in [4.78, 5) is 12.4. The van der Waals surface area contributed by atoms with Crippen LogP contribution in [0.4, 0.5) is 0 Å². The third kappa shape index (κ3) is 42.1. The van der Waals surface area contributed by atoms with Crippen LogP contribution in [0.15, 0.2) is 12.2 Å². The summed E-state index contributed by atoms with van der Waals surface area (Å²) in [7, 11) is 0. The highest BCUT2D eigenvalue weighted by atomic mass is 16.3. The molecule has 53 heavy (non-hydrogen) atoms. The first-order valence-corrected chi connectivity index (χ1v) is 24.4. The average molecular weight is 748 g/mol. The molecule has 0 aromatic heterocycles. The summed E-state index contributed by atoms with van der Waals surface area (Å²) in [6, 6.07) is -0.530. The number of allylic oxidation sites excluding steroid dienone is 2. The van der Waals surface area contributed by atoms with Crippen LogP contribution in [0, 0.1) is 0 Å². The number of amides is 1. The highest BCUT2D eigenvalue weighted by Gasteiger charge is 2.20. The van der Waals surface area contributed by atoms with Gasteiger partial charge in [-0.15, -0.1) is 0 Å². The monoisotopic (exact) mass is 748 g/mol. The van der Waals surface area contributed by atoms with Crippen LogP contribution >= 0.6 is 0 Å². The fraction of sp³-hybridized carbons (Fsp3) is 0.939. The van der Waals surface area contributed by atoms with E-state index >= 15 is 0 Å². The number of hydrogen-bond acceptors (Lipinski definition) is 3. The van der Waals surface area contributed by atoms with Crippen molar-refractivity contribution in [3.8, 4) is 0 Å². The fourth-order valence-electron chi connectivity index (χ4n) is 7.77. The lowest BCUT2D eigenvalue weighted by atomic mass is 10.0. The Morgan fingerprint density at radius 1 is 0.434 bits per heavy atom. The topological polar surface area (TPSA) is 69.6 Å². The standard InChI is InChI=1S/C49H97NO3/c1-3-5-7-9-11-13-15-16-17-18-19-20-21-22-23-24-25-26-27-28-29-30-31-32-33-34-35-37-39-41-43-45-49(53)50-47(46-51)48(52)44-42-40-38-36-14-12-10-8-6-4-2/h22-23,47-48,51-52H,3-21,24-46H2,1-2H3,(H,50,53)/b23-22-. The molecule has 0 rings (SSSR count). The second-order valence-corrected chi connectivity index (χ2v) is 16.9. The number of aliphatic hydroxyl groups is 2. The van der Waals surface area contributed by atoms with Crippen LogP contribution in [0.25, 0.3) is 0 Å². The number of unbranched alkanes of at least 4 members (excludes halogenated alkanes) is 36. The third-order valence-electron chi connectivity index (χ3n) is 11.5. The van der Waals surface area contributed by atoms with Crippen LogP contribution in [0.5, 0.6) is 0 Å². The van der Waals surface area contributed by atoms with E-state index in [4.69, 9.17) is 0 Å². The van der Waals surface area contributed by atoms with Crippen LogP contribution < -0.4 is 5.32 Å². The molecule has 4 heteroatoms.